The summed E-state index contributed by atoms with van der Waals surface area (Å²) in [6.45, 7) is 7.11. The van der Waals surface area contributed by atoms with Crippen LogP contribution in [0.1, 0.15) is 45.1 Å². The smallest absolute Gasteiger partial charge is 0.137 e. The van der Waals surface area contributed by atoms with E-state index in [9.17, 15) is 0 Å². The van der Waals surface area contributed by atoms with E-state index < -0.39 is 0 Å². The Bertz CT molecular complexity index is 432. The van der Waals surface area contributed by atoms with Crippen molar-refractivity contribution >= 4 is 11.6 Å². The average Bonchev–Trinajstić information content (AvgIpc) is 2.99. The molecule has 2 heterocycles. The Morgan fingerprint density at radius 3 is 2.86 bits per heavy atom. The highest BCUT2D eigenvalue weighted by Gasteiger charge is 2.20. The van der Waals surface area contributed by atoms with Crippen LogP contribution >= 0.6 is 0 Å². The maximum absolute atomic E-state index is 5.74. The quantitative estimate of drug-likeness (QED) is 0.798. The highest BCUT2D eigenvalue weighted by molar-refractivity contribution is 5.58. The molecule has 0 saturated carbocycles. The first-order valence-corrected chi connectivity index (χ1v) is 8.16. The summed E-state index contributed by atoms with van der Waals surface area (Å²) in [6, 6.07) is 0. The Morgan fingerprint density at radius 1 is 1.33 bits per heavy atom. The van der Waals surface area contributed by atoms with Gasteiger partial charge in [0.1, 0.15) is 18.0 Å². The minimum Gasteiger partial charge on any atom is -0.376 e. The van der Waals surface area contributed by atoms with Crippen molar-refractivity contribution in [1.82, 2.24) is 9.97 Å². The van der Waals surface area contributed by atoms with Gasteiger partial charge in [0.15, 0.2) is 0 Å². The Hall–Kier alpha value is -1.36. The van der Waals surface area contributed by atoms with Gasteiger partial charge in [0.05, 0.1) is 6.10 Å². The van der Waals surface area contributed by atoms with Gasteiger partial charge in [0.25, 0.3) is 0 Å². The van der Waals surface area contributed by atoms with Gasteiger partial charge in [-0.15, -0.1) is 0 Å². The van der Waals surface area contributed by atoms with Crippen molar-refractivity contribution in [2.75, 3.05) is 37.0 Å². The van der Waals surface area contributed by atoms with Gasteiger partial charge >= 0.3 is 0 Å². The molecule has 1 aliphatic heterocycles. The van der Waals surface area contributed by atoms with Gasteiger partial charge in [-0.1, -0.05) is 20.3 Å². The fourth-order valence-corrected chi connectivity index (χ4v) is 2.79. The maximum atomic E-state index is 5.74. The summed E-state index contributed by atoms with van der Waals surface area (Å²) in [7, 11) is 2.10. The van der Waals surface area contributed by atoms with Crippen LogP contribution in [0.3, 0.4) is 0 Å². The van der Waals surface area contributed by atoms with Gasteiger partial charge < -0.3 is 15.0 Å². The zero-order chi connectivity index (χ0) is 15.1. The number of hydrogen-bond acceptors (Lipinski definition) is 5. The molecule has 5 heteroatoms. The van der Waals surface area contributed by atoms with Crippen LogP contribution in [0.5, 0.6) is 0 Å². The van der Waals surface area contributed by atoms with Gasteiger partial charge in [-0.2, -0.15) is 0 Å². The van der Waals surface area contributed by atoms with Crippen LogP contribution in [0, 0.1) is 0 Å². The summed E-state index contributed by atoms with van der Waals surface area (Å²) < 4.78 is 5.74. The second-order valence-corrected chi connectivity index (χ2v) is 5.72. The highest BCUT2D eigenvalue weighted by atomic mass is 16.5. The van der Waals surface area contributed by atoms with Crippen molar-refractivity contribution in [1.29, 1.82) is 0 Å². The summed E-state index contributed by atoms with van der Waals surface area (Å²) in [4.78, 5) is 11.2. The van der Waals surface area contributed by atoms with E-state index in [4.69, 9.17) is 4.74 Å². The molecule has 5 nitrogen and oxygen atoms in total. The van der Waals surface area contributed by atoms with Gasteiger partial charge in [-0.05, 0) is 25.7 Å². The largest absolute Gasteiger partial charge is 0.376 e. The van der Waals surface area contributed by atoms with E-state index in [1.165, 1.54) is 12.0 Å². The summed E-state index contributed by atoms with van der Waals surface area (Å²) in [5, 5.41) is 3.43. The Morgan fingerprint density at radius 2 is 2.19 bits per heavy atom. The lowest BCUT2D eigenvalue weighted by Gasteiger charge is -2.25. The number of nitrogens with one attached hydrogen (secondary N) is 1. The molecule has 1 unspecified atom stereocenters. The third kappa shape index (κ3) is 4.30. The van der Waals surface area contributed by atoms with E-state index >= 15 is 0 Å². The average molecular weight is 292 g/mol. The number of hydrogen-bond donors (Lipinski definition) is 1. The van der Waals surface area contributed by atoms with Crippen LogP contribution in [0.25, 0.3) is 0 Å². The molecule has 1 aliphatic rings. The molecule has 1 fully saturated rings. The number of rotatable bonds is 8. The molecule has 1 atom stereocenters. The third-order valence-electron chi connectivity index (χ3n) is 3.83. The first kappa shape index (κ1) is 16.0. The minimum atomic E-state index is 0.339. The van der Waals surface area contributed by atoms with Crippen LogP contribution in [-0.2, 0) is 11.2 Å². The number of aromatic nitrogens is 2. The SMILES string of the molecule is CCCNc1ncnc(N(C)CC2CCCO2)c1CCC. The molecule has 1 saturated heterocycles. The Kier molecular flexibility index (Phi) is 6.23. The van der Waals surface area contributed by atoms with Crippen LogP contribution in [-0.4, -0.2) is 42.8 Å². The molecule has 21 heavy (non-hydrogen) atoms. The van der Waals surface area contributed by atoms with Gasteiger partial charge in [-0.3, -0.25) is 0 Å². The molecular weight excluding hydrogens is 264 g/mol. The second kappa shape index (κ2) is 8.17. The fraction of sp³-hybridized carbons (Fsp3) is 0.750. The van der Waals surface area contributed by atoms with E-state index in [1.807, 2.05) is 0 Å². The monoisotopic (exact) mass is 292 g/mol. The van der Waals surface area contributed by atoms with E-state index in [0.717, 1.165) is 57.0 Å². The molecule has 1 N–H and O–H groups in total. The lowest BCUT2D eigenvalue weighted by Crippen LogP contribution is -2.30. The van der Waals surface area contributed by atoms with Crippen LogP contribution < -0.4 is 10.2 Å². The summed E-state index contributed by atoms with van der Waals surface area (Å²) in [6.07, 6.45) is 7.51. The molecule has 0 spiro atoms. The van der Waals surface area contributed by atoms with Crippen molar-refractivity contribution in [2.24, 2.45) is 0 Å². The molecule has 0 amide bonds. The number of likely N-dealkylation sites (N-methyl/N-ethyl adjacent to an activating group) is 1. The molecule has 118 valence electrons. The van der Waals surface area contributed by atoms with Crippen molar-refractivity contribution in [2.45, 2.75) is 52.1 Å². The van der Waals surface area contributed by atoms with E-state index in [1.54, 1.807) is 6.33 Å². The van der Waals surface area contributed by atoms with Crippen LogP contribution in [0.15, 0.2) is 6.33 Å². The molecular formula is C16H28N4O. The fourth-order valence-electron chi connectivity index (χ4n) is 2.79. The van der Waals surface area contributed by atoms with Crippen molar-refractivity contribution < 1.29 is 4.74 Å². The zero-order valence-electron chi connectivity index (χ0n) is 13.6. The molecule has 0 radical (unpaired) electrons. The van der Waals surface area contributed by atoms with Crippen LogP contribution in [0.4, 0.5) is 11.6 Å². The van der Waals surface area contributed by atoms with Gasteiger partial charge in [0, 0.05) is 32.3 Å². The summed E-state index contributed by atoms with van der Waals surface area (Å²) >= 11 is 0. The van der Waals surface area contributed by atoms with Gasteiger partial charge in [0.2, 0.25) is 0 Å². The predicted molar refractivity (Wildman–Crippen MR) is 87.1 cm³/mol. The molecule has 0 aliphatic carbocycles. The van der Waals surface area contributed by atoms with Crippen molar-refractivity contribution in [3.8, 4) is 0 Å². The Balaban J connectivity index is 2.15. The molecule has 1 aromatic rings. The number of nitrogens with zero attached hydrogens (tertiary/aromatic N) is 3. The first-order valence-electron chi connectivity index (χ1n) is 8.16. The first-order chi connectivity index (χ1) is 10.3. The number of anilines is 2. The third-order valence-corrected chi connectivity index (χ3v) is 3.83. The lowest BCUT2D eigenvalue weighted by molar-refractivity contribution is 0.116. The van der Waals surface area contributed by atoms with E-state index in [0.29, 0.717) is 6.10 Å². The molecule has 0 aromatic carbocycles. The normalized spacial score (nSPS) is 18.0. The zero-order valence-corrected chi connectivity index (χ0v) is 13.6. The summed E-state index contributed by atoms with van der Waals surface area (Å²) in [5.41, 5.74) is 1.23. The topological polar surface area (TPSA) is 50.3 Å². The van der Waals surface area contributed by atoms with E-state index in [2.05, 4.69) is 41.1 Å². The second-order valence-electron chi connectivity index (χ2n) is 5.72. The lowest BCUT2D eigenvalue weighted by atomic mass is 10.1. The summed E-state index contributed by atoms with van der Waals surface area (Å²) in [5.74, 6) is 2.03. The van der Waals surface area contributed by atoms with Crippen LogP contribution in [0.2, 0.25) is 0 Å². The van der Waals surface area contributed by atoms with Gasteiger partial charge in [-0.25, -0.2) is 9.97 Å². The molecule has 2 rings (SSSR count). The van der Waals surface area contributed by atoms with E-state index in [-0.39, 0.29) is 0 Å². The Labute approximate surface area is 128 Å². The maximum Gasteiger partial charge on any atom is 0.137 e. The number of ether oxygens (including phenoxy) is 1. The van der Waals surface area contributed by atoms with Crippen molar-refractivity contribution in [3.63, 3.8) is 0 Å². The standard InChI is InChI=1S/C16H28N4O/c1-4-7-14-15(17-9-5-2)18-12-19-16(14)20(3)11-13-8-6-10-21-13/h12-13H,4-11H2,1-3H3,(H,17,18,19). The minimum absolute atomic E-state index is 0.339. The van der Waals surface area contributed by atoms with Crippen molar-refractivity contribution in [3.05, 3.63) is 11.9 Å². The predicted octanol–water partition coefficient (Wildman–Crippen LogP) is 2.87. The highest BCUT2D eigenvalue weighted by Crippen LogP contribution is 2.25. The molecule has 0 bridgehead atoms. The molecule has 1 aromatic heterocycles.